The Morgan fingerprint density at radius 3 is 2.94 bits per heavy atom. The number of carboxylic acid groups (broad SMARTS) is 1. The average Bonchev–Trinajstić information content (AvgIpc) is 2.87. The number of aryl methyl sites for hydroxylation is 1. The number of hydrogen-bond donors (Lipinski definition) is 2. The molecule has 1 amide bonds. The van der Waals surface area contributed by atoms with Gasteiger partial charge in [-0.05, 0) is 24.9 Å². The Morgan fingerprint density at radius 2 is 2.35 bits per heavy atom. The molecule has 2 N–H and O–H groups in total. The first kappa shape index (κ1) is 12.0. The molecule has 17 heavy (non-hydrogen) atoms. The normalized spacial score (nSPS) is 19.2. The highest BCUT2D eigenvalue weighted by atomic mass is 32.1. The van der Waals surface area contributed by atoms with E-state index in [9.17, 15) is 9.59 Å². The van der Waals surface area contributed by atoms with Crippen LogP contribution in [0.4, 0.5) is 5.00 Å². The Balaban J connectivity index is 2.13. The number of nitrogens with zero attached hydrogens (tertiary/aromatic N) is 1. The highest BCUT2D eigenvalue weighted by Crippen LogP contribution is 2.25. The van der Waals surface area contributed by atoms with Gasteiger partial charge in [-0.2, -0.15) is 4.37 Å². The molecule has 1 atom stereocenters. The molecule has 0 bridgehead atoms. The van der Waals surface area contributed by atoms with Gasteiger partial charge in [0.1, 0.15) is 10.6 Å². The fourth-order valence-electron chi connectivity index (χ4n) is 1.66. The molecule has 1 aromatic rings. The van der Waals surface area contributed by atoms with Crippen LogP contribution in [-0.4, -0.2) is 34.6 Å². The first-order valence-corrected chi connectivity index (χ1v) is 5.95. The number of ether oxygens (including phenoxy) is 1. The van der Waals surface area contributed by atoms with Crippen molar-refractivity contribution in [3.8, 4) is 0 Å². The van der Waals surface area contributed by atoms with Crippen LogP contribution in [0.3, 0.4) is 0 Å². The van der Waals surface area contributed by atoms with Crippen LogP contribution in [0, 0.1) is 12.8 Å². The van der Waals surface area contributed by atoms with Gasteiger partial charge in [0.15, 0.2) is 0 Å². The average molecular weight is 256 g/mol. The van der Waals surface area contributed by atoms with Gasteiger partial charge in [-0.3, -0.25) is 4.79 Å². The summed E-state index contributed by atoms with van der Waals surface area (Å²) in [6.45, 7) is 2.58. The second kappa shape index (κ2) is 4.80. The highest BCUT2D eigenvalue weighted by molar-refractivity contribution is 7.11. The van der Waals surface area contributed by atoms with Gasteiger partial charge >= 0.3 is 5.97 Å². The van der Waals surface area contributed by atoms with Gasteiger partial charge in [-0.1, -0.05) is 0 Å². The summed E-state index contributed by atoms with van der Waals surface area (Å²) in [5, 5.41) is 11.9. The van der Waals surface area contributed by atoms with Crippen molar-refractivity contribution in [3.05, 3.63) is 11.3 Å². The maximum absolute atomic E-state index is 11.8. The second-order valence-corrected chi connectivity index (χ2v) is 4.60. The summed E-state index contributed by atoms with van der Waals surface area (Å²) in [5.41, 5.74) is 0.489. The number of carbonyl (C=O) groups is 2. The summed E-state index contributed by atoms with van der Waals surface area (Å²) < 4.78 is 9.04. The van der Waals surface area contributed by atoms with Crippen LogP contribution in [0.1, 0.15) is 22.5 Å². The van der Waals surface area contributed by atoms with Crippen LogP contribution in [-0.2, 0) is 9.53 Å². The van der Waals surface area contributed by atoms with E-state index in [0.29, 0.717) is 30.3 Å². The van der Waals surface area contributed by atoms with Crippen molar-refractivity contribution in [3.63, 3.8) is 0 Å². The van der Waals surface area contributed by atoms with Crippen molar-refractivity contribution in [2.45, 2.75) is 13.3 Å². The van der Waals surface area contributed by atoms with Crippen LogP contribution in [0.15, 0.2) is 0 Å². The van der Waals surface area contributed by atoms with E-state index >= 15 is 0 Å². The number of rotatable bonds is 3. The predicted octanol–water partition coefficient (Wildman–Crippen LogP) is 1.12. The Hall–Kier alpha value is -1.47. The number of carboxylic acids is 1. The monoisotopic (exact) mass is 256 g/mol. The number of anilines is 1. The number of aromatic nitrogens is 1. The summed E-state index contributed by atoms with van der Waals surface area (Å²) in [5.74, 6) is -1.47. The summed E-state index contributed by atoms with van der Waals surface area (Å²) in [6, 6.07) is 0. The molecule has 0 aromatic carbocycles. The number of aromatic carboxylic acids is 1. The summed E-state index contributed by atoms with van der Waals surface area (Å²) >= 11 is 0.988. The first-order valence-electron chi connectivity index (χ1n) is 5.17. The van der Waals surface area contributed by atoms with Crippen molar-refractivity contribution in [1.29, 1.82) is 0 Å². The topological polar surface area (TPSA) is 88.5 Å². The van der Waals surface area contributed by atoms with Crippen molar-refractivity contribution in [2.75, 3.05) is 18.5 Å². The molecule has 2 rings (SSSR count). The minimum atomic E-state index is -1.07. The Labute approximate surface area is 102 Å². The lowest BCUT2D eigenvalue weighted by Gasteiger charge is -2.07. The molecule has 1 fully saturated rings. The third-order valence-electron chi connectivity index (χ3n) is 2.61. The summed E-state index contributed by atoms with van der Waals surface area (Å²) in [6.07, 6.45) is 0.673. The Kier molecular flexibility index (Phi) is 3.39. The highest BCUT2D eigenvalue weighted by Gasteiger charge is 2.26. The van der Waals surface area contributed by atoms with E-state index in [-0.39, 0.29) is 17.4 Å². The zero-order valence-electron chi connectivity index (χ0n) is 9.23. The molecule has 1 aliphatic heterocycles. The van der Waals surface area contributed by atoms with Crippen LogP contribution in [0.5, 0.6) is 0 Å². The summed E-state index contributed by atoms with van der Waals surface area (Å²) in [4.78, 5) is 22.8. The Bertz CT molecular complexity index is 451. The van der Waals surface area contributed by atoms with Crippen LogP contribution in [0.2, 0.25) is 0 Å². The van der Waals surface area contributed by atoms with E-state index in [2.05, 4.69) is 9.69 Å². The molecule has 0 saturated carbocycles. The number of nitrogens with one attached hydrogen (secondary N) is 1. The quantitative estimate of drug-likeness (QED) is 0.846. The van der Waals surface area contributed by atoms with Gasteiger partial charge in [-0.25, -0.2) is 4.79 Å². The number of carbonyl (C=O) groups excluding carboxylic acids is 1. The van der Waals surface area contributed by atoms with Gasteiger partial charge in [-0.15, -0.1) is 0 Å². The smallest absolute Gasteiger partial charge is 0.340 e. The van der Waals surface area contributed by atoms with Crippen molar-refractivity contribution in [2.24, 2.45) is 5.92 Å². The van der Waals surface area contributed by atoms with Crippen molar-refractivity contribution >= 4 is 28.4 Å². The lowest BCUT2D eigenvalue weighted by molar-refractivity contribution is -0.119. The summed E-state index contributed by atoms with van der Waals surface area (Å²) in [7, 11) is 0. The zero-order valence-corrected chi connectivity index (χ0v) is 10.0. The minimum Gasteiger partial charge on any atom is -0.478 e. The molecule has 0 spiro atoms. The number of amides is 1. The maximum atomic E-state index is 11.8. The van der Waals surface area contributed by atoms with E-state index < -0.39 is 5.97 Å². The van der Waals surface area contributed by atoms with Crippen LogP contribution >= 0.6 is 11.5 Å². The SMILES string of the molecule is Cc1nsc(NC(=O)C2CCOC2)c1C(=O)O. The van der Waals surface area contributed by atoms with Crippen LogP contribution < -0.4 is 5.32 Å². The molecule has 0 radical (unpaired) electrons. The molecule has 92 valence electrons. The molecule has 6 nitrogen and oxygen atoms in total. The fourth-order valence-corrected chi connectivity index (χ4v) is 2.45. The predicted molar refractivity (Wildman–Crippen MR) is 61.4 cm³/mol. The van der Waals surface area contributed by atoms with Gasteiger partial charge in [0.2, 0.25) is 5.91 Å². The molecular formula is C10H12N2O4S. The van der Waals surface area contributed by atoms with Crippen molar-refractivity contribution in [1.82, 2.24) is 4.37 Å². The van der Waals surface area contributed by atoms with E-state index in [1.54, 1.807) is 6.92 Å². The number of hydrogen-bond acceptors (Lipinski definition) is 5. The molecule has 0 aliphatic carbocycles. The molecule has 1 aromatic heterocycles. The molecule has 1 aliphatic rings. The van der Waals surface area contributed by atoms with Gasteiger partial charge in [0, 0.05) is 6.61 Å². The minimum absolute atomic E-state index is 0.0715. The molecule has 1 unspecified atom stereocenters. The third kappa shape index (κ3) is 2.45. The Morgan fingerprint density at radius 1 is 1.59 bits per heavy atom. The van der Waals surface area contributed by atoms with Gasteiger partial charge < -0.3 is 15.2 Å². The van der Waals surface area contributed by atoms with Gasteiger partial charge in [0.25, 0.3) is 0 Å². The van der Waals surface area contributed by atoms with Crippen molar-refractivity contribution < 1.29 is 19.4 Å². The third-order valence-corrected chi connectivity index (χ3v) is 3.47. The lowest BCUT2D eigenvalue weighted by atomic mass is 10.1. The molecular weight excluding hydrogens is 244 g/mol. The molecule has 7 heteroatoms. The fraction of sp³-hybridized carbons (Fsp3) is 0.500. The molecule has 2 heterocycles. The van der Waals surface area contributed by atoms with E-state index in [4.69, 9.17) is 9.84 Å². The van der Waals surface area contributed by atoms with Gasteiger partial charge in [0.05, 0.1) is 18.2 Å². The van der Waals surface area contributed by atoms with E-state index in [0.717, 1.165) is 11.5 Å². The standard InChI is InChI=1S/C10H12N2O4S/c1-5-7(10(14)15)9(17-12-5)11-8(13)6-2-3-16-4-6/h6H,2-4H2,1H3,(H,11,13)(H,14,15). The van der Waals surface area contributed by atoms with E-state index in [1.807, 2.05) is 0 Å². The largest absolute Gasteiger partial charge is 0.478 e. The van der Waals surface area contributed by atoms with Crippen LogP contribution in [0.25, 0.3) is 0 Å². The second-order valence-electron chi connectivity index (χ2n) is 3.83. The maximum Gasteiger partial charge on any atom is 0.340 e. The lowest BCUT2D eigenvalue weighted by Crippen LogP contribution is -2.23. The molecule has 1 saturated heterocycles. The zero-order chi connectivity index (χ0) is 12.4. The first-order chi connectivity index (χ1) is 8.09. The van der Waals surface area contributed by atoms with E-state index in [1.165, 1.54) is 0 Å².